The quantitative estimate of drug-likeness (QED) is 0.191. The first-order chi connectivity index (χ1) is 26.1. The van der Waals surface area contributed by atoms with Crippen LogP contribution in [0.25, 0.3) is 10.9 Å². The van der Waals surface area contributed by atoms with E-state index in [1.165, 1.54) is 11.0 Å². The van der Waals surface area contributed by atoms with Crippen molar-refractivity contribution >= 4 is 46.6 Å². The zero-order valence-electron chi connectivity index (χ0n) is 31.7. The molecule has 3 fully saturated rings. The number of aryl methyl sites for hydroxylation is 1. The van der Waals surface area contributed by atoms with Crippen molar-refractivity contribution in [1.82, 2.24) is 30.3 Å². The van der Waals surface area contributed by atoms with Gasteiger partial charge in [-0.2, -0.15) is 0 Å². The SMILES string of the molecule is CCCCCOC(=O)CC[C@H](NC(=O)c1cc(OCC(=O)N2CCC[C@H]2C(=O)NC2CCC2)c2ccc(C)cc2n1)C(=O)N1CCN(C(=O)OCC)CC1. The Balaban J connectivity index is 1.30. The lowest BCUT2D eigenvalue weighted by atomic mass is 9.93. The Bertz CT molecular complexity index is 1670. The van der Waals surface area contributed by atoms with Crippen molar-refractivity contribution in [1.29, 1.82) is 0 Å². The second-order valence-corrected chi connectivity index (χ2v) is 14.2. The molecule has 2 saturated heterocycles. The normalized spacial score (nSPS) is 17.8. The van der Waals surface area contributed by atoms with Crippen LogP contribution in [-0.4, -0.2) is 126 Å². The minimum absolute atomic E-state index is 0.00878. The van der Waals surface area contributed by atoms with Gasteiger partial charge in [-0.05, 0) is 76.5 Å². The van der Waals surface area contributed by atoms with Gasteiger partial charge in [-0.25, -0.2) is 9.78 Å². The summed E-state index contributed by atoms with van der Waals surface area (Å²) in [6.07, 6.45) is 6.39. The summed E-state index contributed by atoms with van der Waals surface area (Å²) in [5, 5.41) is 6.43. The number of pyridine rings is 1. The maximum atomic E-state index is 13.9. The fourth-order valence-corrected chi connectivity index (χ4v) is 6.86. The first-order valence-electron chi connectivity index (χ1n) is 19.4. The van der Waals surface area contributed by atoms with Gasteiger partial charge in [0.05, 0.1) is 18.7 Å². The minimum Gasteiger partial charge on any atom is -0.483 e. The molecule has 0 bridgehead atoms. The van der Waals surface area contributed by atoms with E-state index >= 15 is 0 Å². The summed E-state index contributed by atoms with van der Waals surface area (Å²) in [6, 6.07) is 5.44. The van der Waals surface area contributed by atoms with E-state index in [0.29, 0.717) is 30.3 Å². The van der Waals surface area contributed by atoms with Crippen molar-refractivity contribution in [3.05, 3.63) is 35.5 Å². The van der Waals surface area contributed by atoms with Crippen molar-refractivity contribution in [2.45, 2.75) is 103 Å². The summed E-state index contributed by atoms with van der Waals surface area (Å²) < 4.78 is 16.5. The van der Waals surface area contributed by atoms with E-state index in [2.05, 4.69) is 22.5 Å². The number of piperazine rings is 1. The number of carbonyl (C=O) groups is 6. The second-order valence-electron chi connectivity index (χ2n) is 14.2. The molecule has 1 saturated carbocycles. The lowest BCUT2D eigenvalue weighted by Crippen LogP contribution is -2.56. The van der Waals surface area contributed by atoms with Crippen molar-refractivity contribution in [2.75, 3.05) is 52.5 Å². The predicted octanol–water partition coefficient (Wildman–Crippen LogP) is 3.49. The molecule has 5 rings (SSSR count). The highest BCUT2D eigenvalue weighted by molar-refractivity contribution is 5.99. The van der Waals surface area contributed by atoms with E-state index in [1.807, 2.05) is 13.0 Å². The van der Waals surface area contributed by atoms with Crippen molar-refractivity contribution in [2.24, 2.45) is 0 Å². The molecule has 3 aliphatic rings. The molecule has 2 atom stereocenters. The molecule has 1 aliphatic carbocycles. The third kappa shape index (κ3) is 10.6. The van der Waals surface area contributed by atoms with Crippen LogP contribution in [-0.2, 0) is 28.7 Å². The van der Waals surface area contributed by atoms with Gasteiger partial charge in [0.15, 0.2) is 6.61 Å². The number of ether oxygens (including phenoxy) is 3. The van der Waals surface area contributed by atoms with Gasteiger partial charge < -0.3 is 39.5 Å². The van der Waals surface area contributed by atoms with Crippen molar-refractivity contribution in [3.8, 4) is 5.75 Å². The van der Waals surface area contributed by atoms with Crippen molar-refractivity contribution in [3.63, 3.8) is 0 Å². The topological polar surface area (TPSA) is 177 Å². The lowest BCUT2D eigenvalue weighted by Gasteiger charge is -2.36. The van der Waals surface area contributed by atoms with Crippen molar-refractivity contribution < 1.29 is 43.0 Å². The monoisotopic (exact) mass is 750 g/mol. The molecule has 54 heavy (non-hydrogen) atoms. The van der Waals surface area contributed by atoms with Gasteiger partial charge in [0, 0.05) is 56.6 Å². The molecule has 15 nitrogen and oxygen atoms in total. The maximum Gasteiger partial charge on any atom is 0.409 e. The lowest BCUT2D eigenvalue weighted by molar-refractivity contribution is -0.144. The number of aromatic nitrogens is 1. The molecule has 2 aromatic rings. The minimum atomic E-state index is -1.09. The van der Waals surface area contributed by atoms with E-state index in [1.54, 1.807) is 28.9 Å². The number of hydrogen-bond acceptors (Lipinski definition) is 10. The maximum absolute atomic E-state index is 13.9. The van der Waals surface area contributed by atoms with Crippen LogP contribution in [0.2, 0.25) is 0 Å². The van der Waals surface area contributed by atoms with E-state index < -0.39 is 36.0 Å². The molecule has 0 unspecified atom stereocenters. The molecular formula is C39H54N6O9. The van der Waals surface area contributed by atoms with Crippen LogP contribution in [0.3, 0.4) is 0 Å². The highest BCUT2D eigenvalue weighted by Crippen LogP contribution is 2.28. The Morgan fingerprint density at radius 2 is 1.67 bits per heavy atom. The summed E-state index contributed by atoms with van der Waals surface area (Å²) in [7, 11) is 0. The van der Waals surface area contributed by atoms with Crippen LogP contribution in [0.5, 0.6) is 5.75 Å². The van der Waals surface area contributed by atoms with Gasteiger partial charge in [-0.1, -0.05) is 25.8 Å². The predicted molar refractivity (Wildman–Crippen MR) is 199 cm³/mol. The highest BCUT2D eigenvalue weighted by Gasteiger charge is 2.36. The number of rotatable bonds is 16. The zero-order chi connectivity index (χ0) is 38.6. The van der Waals surface area contributed by atoms with Crippen LogP contribution in [0.1, 0.15) is 94.1 Å². The molecule has 294 valence electrons. The number of hydrogen-bond donors (Lipinski definition) is 2. The second kappa shape index (κ2) is 19.4. The average Bonchev–Trinajstić information content (AvgIpc) is 3.65. The molecular weight excluding hydrogens is 696 g/mol. The van der Waals surface area contributed by atoms with E-state index in [4.69, 9.17) is 14.2 Å². The molecule has 1 aromatic carbocycles. The van der Waals surface area contributed by atoms with Gasteiger partial charge >= 0.3 is 12.1 Å². The number of nitrogens with zero attached hydrogens (tertiary/aromatic N) is 4. The Morgan fingerprint density at radius 3 is 2.37 bits per heavy atom. The number of benzene rings is 1. The Labute approximate surface area is 316 Å². The van der Waals surface area contributed by atoms with Gasteiger partial charge in [0.1, 0.15) is 23.5 Å². The molecule has 15 heteroatoms. The third-order valence-electron chi connectivity index (χ3n) is 10.2. The summed E-state index contributed by atoms with van der Waals surface area (Å²) in [6.45, 7) is 7.27. The van der Waals surface area contributed by atoms with Gasteiger partial charge in [0.25, 0.3) is 11.8 Å². The van der Waals surface area contributed by atoms with E-state index in [9.17, 15) is 28.8 Å². The first kappa shape index (κ1) is 40.2. The fraction of sp³-hybridized carbons (Fsp3) is 0.615. The molecule has 3 heterocycles. The van der Waals surface area contributed by atoms with Crippen LogP contribution in [0.15, 0.2) is 24.3 Å². The molecule has 5 amide bonds. The van der Waals surface area contributed by atoms with Crippen LogP contribution < -0.4 is 15.4 Å². The zero-order valence-corrected chi connectivity index (χ0v) is 31.7. The Morgan fingerprint density at radius 1 is 0.907 bits per heavy atom. The molecule has 0 radical (unpaired) electrons. The number of unbranched alkanes of at least 4 members (excludes halogenated alkanes) is 2. The van der Waals surface area contributed by atoms with E-state index in [0.717, 1.165) is 44.1 Å². The van der Waals surface area contributed by atoms with Crippen LogP contribution in [0.4, 0.5) is 4.79 Å². The largest absolute Gasteiger partial charge is 0.483 e. The van der Waals surface area contributed by atoms with E-state index in [-0.39, 0.29) is 88.1 Å². The number of amides is 5. The number of nitrogens with one attached hydrogen (secondary N) is 2. The Hall–Kier alpha value is -4.95. The molecule has 2 N–H and O–H groups in total. The highest BCUT2D eigenvalue weighted by atomic mass is 16.6. The number of fused-ring (bicyclic) bond motifs is 1. The third-order valence-corrected chi connectivity index (χ3v) is 10.2. The average molecular weight is 751 g/mol. The Kier molecular flexibility index (Phi) is 14.5. The van der Waals surface area contributed by atoms with Gasteiger partial charge in [0.2, 0.25) is 11.8 Å². The fourth-order valence-electron chi connectivity index (χ4n) is 6.86. The summed E-state index contributed by atoms with van der Waals surface area (Å²) in [5.74, 6) is -1.75. The van der Waals surface area contributed by atoms with Gasteiger partial charge in [-0.15, -0.1) is 0 Å². The number of carbonyl (C=O) groups excluding carboxylic acids is 6. The molecule has 2 aliphatic heterocycles. The molecule has 1 aromatic heterocycles. The molecule has 0 spiro atoms. The number of esters is 1. The summed E-state index contributed by atoms with van der Waals surface area (Å²) in [4.78, 5) is 88.2. The van der Waals surface area contributed by atoms with Crippen LogP contribution >= 0.6 is 0 Å². The van der Waals surface area contributed by atoms with Gasteiger partial charge in [-0.3, -0.25) is 24.0 Å². The summed E-state index contributed by atoms with van der Waals surface area (Å²) in [5.41, 5.74) is 1.30. The smallest absolute Gasteiger partial charge is 0.409 e. The summed E-state index contributed by atoms with van der Waals surface area (Å²) >= 11 is 0. The number of likely N-dealkylation sites (tertiary alicyclic amines) is 1. The van der Waals surface area contributed by atoms with Crippen LogP contribution in [0, 0.1) is 6.92 Å². The standard InChI is InChI=1S/C39H54N6O9/c1-4-6-7-22-53-35(47)16-15-29(38(50)43-18-20-44(21-19-43)39(51)52-5-2)42-36(48)31-24-33(28-14-13-26(3)23-30(28)41-31)54-25-34(46)45-17-9-12-32(45)37(49)40-27-10-8-11-27/h13-14,23-24,27,29,32H,4-12,15-22,25H2,1-3H3,(H,40,49)(H,42,48)/t29-,32-/m0/s1. The first-order valence-corrected chi connectivity index (χ1v) is 19.4.